The van der Waals surface area contributed by atoms with Gasteiger partial charge in [-0.1, -0.05) is 6.92 Å². The zero-order valence-electron chi connectivity index (χ0n) is 8.45. The zero-order chi connectivity index (χ0) is 10.6. The Labute approximate surface area is 87.9 Å². The minimum Gasteiger partial charge on any atom is -0.466 e. The Morgan fingerprint density at radius 3 is 3.00 bits per heavy atom. The number of carbonyl (C=O) groups excluding carboxylic acids is 1. The second-order valence-corrected chi connectivity index (χ2v) is 4.20. The van der Waals surface area contributed by atoms with Gasteiger partial charge in [-0.15, -0.1) is 11.3 Å². The Morgan fingerprint density at radius 1 is 1.71 bits per heavy atom. The lowest BCUT2D eigenvalue weighted by Gasteiger charge is -2.11. The molecular formula is C10H15NO2S. The molecule has 2 N–H and O–H groups in total. The van der Waals surface area contributed by atoms with E-state index in [-0.39, 0.29) is 12.6 Å². The molecule has 14 heavy (non-hydrogen) atoms. The second kappa shape index (κ2) is 5.12. The quantitative estimate of drug-likeness (QED) is 0.759. The van der Waals surface area contributed by atoms with E-state index in [0.717, 1.165) is 12.0 Å². The van der Waals surface area contributed by atoms with Crippen molar-refractivity contribution in [3.05, 3.63) is 21.4 Å². The maximum absolute atomic E-state index is 10.0. The van der Waals surface area contributed by atoms with Gasteiger partial charge in [-0.3, -0.25) is 4.79 Å². The fourth-order valence-electron chi connectivity index (χ4n) is 1.49. The van der Waals surface area contributed by atoms with E-state index in [1.165, 1.54) is 10.4 Å². The van der Waals surface area contributed by atoms with Crippen LogP contribution in [0.3, 0.4) is 0 Å². The van der Waals surface area contributed by atoms with E-state index in [9.17, 15) is 4.79 Å². The van der Waals surface area contributed by atoms with Gasteiger partial charge in [0, 0.05) is 4.88 Å². The average molecular weight is 213 g/mol. The van der Waals surface area contributed by atoms with Crippen LogP contribution in [0, 0.1) is 6.92 Å². The maximum Gasteiger partial charge on any atom is 0.293 e. The summed E-state index contributed by atoms with van der Waals surface area (Å²) in [5.74, 6) is 0. The predicted octanol–water partition coefficient (Wildman–Crippen LogP) is 1.79. The topological polar surface area (TPSA) is 52.3 Å². The second-order valence-electron chi connectivity index (χ2n) is 3.12. The first-order valence-electron chi connectivity index (χ1n) is 4.58. The molecule has 0 amide bonds. The van der Waals surface area contributed by atoms with Crippen molar-refractivity contribution in [3.8, 4) is 0 Å². The molecule has 1 atom stereocenters. The van der Waals surface area contributed by atoms with Crippen molar-refractivity contribution in [1.82, 2.24) is 0 Å². The van der Waals surface area contributed by atoms with Crippen molar-refractivity contribution in [2.24, 2.45) is 5.73 Å². The van der Waals surface area contributed by atoms with Gasteiger partial charge in [0.2, 0.25) is 0 Å². The molecule has 1 aromatic heterocycles. The van der Waals surface area contributed by atoms with Crippen molar-refractivity contribution < 1.29 is 9.53 Å². The van der Waals surface area contributed by atoms with Gasteiger partial charge in [0.1, 0.15) is 6.61 Å². The van der Waals surface area contributed by atoms with Crippen LogP contribution in [0.2, 0.25) is 0 Å². The molecule has 4 heteroatoms. The van der Waals surface area contributed by atoms with Crippen LogP contribution in [0.4, 0.5) is 0 Å². The molecule has 1 aromatic rings. The van der Waals surface area contributed by atoms with E-state index < -0.39 is 0 Å². The fourth-order valence-corrected chi connectivity index (χ4v) is 2.52. The molecule has 0 saturated heterocycles. The van der Waals surface area contributed by atoms with E-state index in [4.69, 9.17) is 5.73 Å². The minimum atomic E-state index is -0.194. The number of rotatable bonds is 5. The molecule has 0 radical (unpaired) electrons. The van der Waals surface area contributed by atoms with Gasteiger partial charge in [-0.25, -0.2) is 0 Å². The molecule has 0 saturated carbocycles. The molecule has 1 rings (SSSR count). The normalized spacial score (nSPS) is 12.5. The summed E-state index contributed by atoms with van der Waals surface area (Å²) in [6.07, 6.45) is 0.972. The first-order valence-corrected chi connectivity index (χ1v) is 5.46. The highest BCUT2D eigenvalue weighted by Crippen LogP contribution is 2.26. The Kier molecular flexibility index (Phi) is 4.10. The molecule has 0 aromatic carbocycles. The summed E-state index contributed by atoms with van der Waals surface area (Å²) in [6, 6.07) is -0.194. The summed E-state index contributed by atoms with van der Waals surface area (Å²) in [7, 11) is 0. The van der Waals surface area contributed by atoms with Crippen LogP contribution in [-0.2, 0) is 16.0 Å². The lowest BCUT2D eigenvalue weighted by Crippen LogP contribution is -2.17. The van der Waals surface area contributed by atoms with E-state index in [2.05, 4.69) is 18.6 Å². The smallest absolute Gasteiger partial charge is 0.293 e. The van der Waals surface area contributed by atoms with Gasteiger partial charge >= 0.3 is 0 Å². The highest BCUT2D eigenvalue weighted by Gasteiger charge is 2.13. The van der Waals surface area contributed by atoms with Gasteiger partial charge < -0.3 is 10.5 Å². The van der Waals surface area contributed by atoms with E-state index in [0.29, 0.717) is 6.47 Å². The van der Waals surface area contributed by atoms with Crippen molar-refractivity contribution >= 4 is 17.8 Å². The number of carbonyl (C=O) groups is 1. The molecule has 78 valence electrons. The van der Waals surface area contributed by atoms with E-state index in [1.54, 1.807) is 11.3 Å². The van der Waals surface area contributed by atoms with Crippen LogP contribution < -0.4 is 5.73 Å². The van der Waals surface area contributed by atoms with Crippen molar-refractivity contribution in [2.75, 3.05) is 6.61 Å². The van der Waals surface area contributed by atoms with E-state index in [1.807, 2.05) is 5.38 Å². The Hall–Kier alpha value is -0.870. The van der Waals surface area contributed by atoms with Gasteiger partial charge in [0.15, 0.2) is 0 Å². The van der Waals surface area contributed by atoms with Crippen LogP contribution in [0.5, 0.6) is 0 Å². The number of hydrogen-bond acceptors (Lipinski definition) is 4. The maximum atomic E-state index is 10.0. The Morgan fingerprint density at radius 2 is 2.43 bits per heavy atom. The summed E-state index contributed by atoms with van der Waals surface area (Å²) in [6.45, 7) is 4.88. The molecule has 0 fully saturated rings. The number of hydrogen-bond donors (Lipinski definition) is 1. The molecule has 3 nitrogen and oxygen atoms in total. The van der Waals surface area contributed by atoms with Crippen molar-refractivity contribution in [3.63, 3.8) is 0 Å². The van der Waals surface area contributed by atoms with Gasteiger partial charge in [0.05, 0.1) is 6.04 Å². The summed E-state index contributed by atoms with van der Waals surface area (Å²) in [5, 5.41) is 2.05. The zero-order valence-corrected chi connectivity index (χ0v) is 9.26. The van der Waals surface area contributed by atoms with Crippen LogP contribution in [0.15, 0.2) is 5.38 Å². The number of thiophene rings is 1. The highest BCUT2D eigenvalue weighted by molar-refractivity contribution is 7.10. The Bertz CT molecular complexity index is 309. The molecule has 1 unspecified atom stereocenters. The first-order chi connectivity index (χ1) is 6.70. The lowest BCUT2D eigenvalue weighted by molar-refractivity contribution is -0.129. The third-order valence-electron chi connectivity index (χ3n) is 2.23. The number of ether oxygens (including phenoxy) is 1. The average Bonchev–Trinajstić information content (AvgIpc) is 2.55. The highest BCUT2D eigenvalue weighted by atomic mass is 32.1. The first kappa shape index (κ1) is 11.2. The standard InChI is InChI=1S/C10H15NO2S/c1-3-8-7(2)14-5-9(8)10(11)4-13-6-12/h5-6,10H,3-4,11H2,1-2H3. The molecule has 0 bridgehead atoms. The van der Waals surface area contributed by atoms with Gasteiger partial charge in [0.25, 0.3) is 6.47 Å². The van der Waals surface area contributed by atoms with E-state index >= 15 is 0 Å². The largest absolute Gasteiger partial charge is 0.466 e. The number of aryl methyl sites for hydroxylation is 1. The molecular weight excluding hydrogens is 198 g/mol. The molecule has 0 spiro atoms. The summed E-state index contributed by atoms with van der Waals surface area (Å²) in [5.41, 5.74) is 8.29. The molecule has 0 aliphatic carbocycles. The monoisotopic (exact) mass is 213 g/mol. The SMILES string of the molecule is CCc1c(C(N)COC=O)csc1C. The predicted molar refractivity (Wildman–Crippen MR) is 57.4 cm³/mol. The summed E-state index contributed by atoms with van der Waals surface area (Å²) in [4.78, 5) is 11.3. The van der Waals surface area contributed by atoms with Gasteiger partial charge in [-0.05, 0) is 29.9 Å². The third kappa shape index (κ3) is 2.33. The van der Waals surface area contributed by atoms with Gasteiger partial charge in [-0.2, -0.15) is 0 Å². The molecule has 0 aliphatic heterocycles. The van der Waals surface area contributed by atoms with Crippen molar-refractivity contribution in [2.45, 2.75) is 26.3 Å². The lowest BCUT2D eigenvalue weighted by atomic mass is 10.0. The van der Waals surface area contributed by atoms with Crippen LogP contribution in [0.25, 0.3) is 0 Å². The minimum absolute atomic E-state index is 0.194. The van der Waals surface area contributed by atoms with Crippen LogP contribution in [-0.4, -0.2) is 13.1 Å². The number of nitrogens with two attached hydrogens (primary N) is 1. The molecule has 0 aliphatic rings. The Balaban J connectivity index is 2.77. The third-order valence-corrected chi connectivity index (χ3v) is 3.20. The van der Waals surface area contributed by atoms with Crippen molar-refractivity contribution in [1.29, 1.82) is 0 Å². The van der Waals surface area contributed by atoms with Crippen LogP contribution in [0.1, 0.15) is 29.0 Å². The summed E-state index contributed by atoms with van der Waals surface area (Å²) < 4.78 is 4.66. The summed E-state index contributed by atoms with van der Waals surface area (Å²) >= 11 is 1.69. The van der Waals surface area contributed by atoms with Crippen LogP contribution >= 0.6 is 11.3 Å². The molecule has 1 heterocycles. The fraction of sp³-hybridized carbons (Fsp3) is 0.500.